The van der Waals surface area contributed by atoms with E-state index in [-0.39, 0.29) is 5.91 Å². The Balaban J connectivity index is 2.06. The lowest BCUT2D eigenvalue weighted by atomic mass is 10.3. The van der Waals surface area contributed by atoms with Crippen molar-refractivity contribution in [3.05, 3.63) is 53.2 Å². The standard InChI is InChI=1S/C15H16ClN3O/c1-2-10-17-14-5-3-4-13(19-14)15(20)18-12-8-6-11(16)7-9-12/h3-9H,2,10H2,1H3,(H,17,19)(H,18,20). The first kappa shape index (κ1) is 14.3. The number of hydrogen-bond donors (Lipinski definition) is 2. The van der Waals surface area contributed by atoms with E-state index < -0.39 is 0 Å². The largest absolute Gasteiger partial charge is 0.370 e. The van der Waals surface area contributed by atoms with Gasteiger partial charge in [0.15, 0.2) is 0 Å². The minimum absolute atomic E-state index is 0.243. The molecule has 0 unspecified atom stereocenters. The fourth-order valence-corrected chi connectivity index (χ4v) is 1.77. The van der Waals surface area contributed by atoms with Crippen LogP contribution in [0.25, 0.3) is 0 Å². The van der Waals surface area contributed by atoms with E-state index >= 15 is 0 Å². The number of carbonyl (C=O) groups excluding carboxylic acids is 1. The smallest absolute Gasteiger partial charge is 0.274 e. The van der Waals surface area contributed by atoms with Gasteiger partial charge in [-0.2, -0.15) is 0 Å². The van der Waals surface area contributed by atoms with Gasteiger partial charge >= 0.3 is 0 Å². The number of carbonyl (C=O) groups is 1. The highest BCUT2D eigenvalue weighted by Gasteiger charge is 2.08. The number of rotatable bonds is 5. The van der Waals surface area contributed by atoms with Gasteiger partial charge in [-0.25, -0.2) is 4.98 Å². The Morgan fingerprint density at radius 3 is 2.65 bits per heavy atom. The zero-order chi connectivity index (χ0) is 14.4. The average Bonchev–Trinajstić information content (AvgIpc) is 2.48. The number of hydrogen-bond acceptors (Lipinski definition) is 3. The SMILES string of the molecule is CCCNc1cccc(C(=O)Nc2ccc(Cl)cc2)n1. The third-order valence-electron chi connectivity index (χ3n) is 2.64. The van der Waals surface area contributed by atoms with Gasteiger partial charge in [-0.05, 0) is 42.8 Å². The number of anilines is 2. The van der Waals surface area contributed by atoms with E-state index in [1.165, 1.54) is 0 Å². The Labute approximate surface area is 123 Å². The van der Waals surface area contributed by atoms with E-state index in [9.17, 15) is 4.79 Å². The zero-order valence-corrected chi connectivity index (χ0v) is 11.9. The summed E-state index contributed by atoms with van der Waals surface area (Å²) in [5.74, 6) is 0.461. The molecule has 0 aliphatic rings. The van der Waals surface area contributed by atoms with Crippen molar-refractivity contribution in [3.63, 3.8) is 0 Å². The number of pyridine rings is 1. The Morgan fingerprint density at radius 2 is 1.95 bits per heavy atom. The first-order valence-electron chi connectivity index (χ1n) is 6.47. The molecule has 0 atom stereocenters. The molecule has 1 aromatic carbocycles. The Bertz CT molecular complexity index is 584. The second-order valence-electron chi connectivity index (χ2n) is 4.30. The van der Waals surface area contributed by atoms with Crippen LogP contribution < -0.4 is 10.6 Å². The van der Waals surface area contributed by atoms with Crippen LogP contribution in [0, 0.1) is 0 Å². The Kier molecular flexibility index (Phi) is 4.96. The van der Waals surface area contributed by atoms with Gasteiger partial charge in [-0.15, -0.1) is 0 Å². The number of halogens is 1. The van der Waals surface area contributed by atoms with Gasteiger partial charge in [0.25, 0.3) is 5.91 Å². The van der Waals surface area contributed by atoms with E-state index in [0.717, 1.165) is 13.0 Å². The van der Waals surface area contributed by atoms with Gasteiger partial charge in [0.2, 0.25) is 0 Å². The van der Waals surface area contributed by atoms with Crippen LogP contribution in [0.2, 0.25) is 5.02 Å². The third-order valence-corrected chi connectivity index (χ3v) is 2.89. The predicted octanol–water partition coefficient (Wildman–Crippen LogP) is 3.81. The summed E-state index contributed by atoms with van der Waals surface area (Å²) in [4.78, 5) is 16.4. The number of nitrogens with one attached hydrogen (secondary N) is 2. The molecule has 1 amide bonds. The highest BCUT2D eigenvalue weighted by molar-refractivity contribution is 6.30. The van der Waals surface area contributed by atoms with Crippen molar-refractivity contribution in [2.75, 3.05) is 17.2 Å². The zero-order valence-electron chi connectivity index (χ0n) is 11.2. The van der Waals surface area contributed by atoms with Crippen LogP contribution >= 0.6 is 11.6 Å². The monoisotopic (exact) mass is 289 g/mol. The van der Waals surface area contributed by atoms with Crippen LogP contribution in [0.4, 0.5) is 11.5 Å². The quantitative estimate of drug-likeness (QED) is 0.880. The lowest BCUT2D eigenvalue weighted by Gasteiger charge is -2.07. The van der Waals surface area contributed by atoms with Crippen molar-refractivity contribution < 1.29 is 4.79 Å². The molecule has 104 valence electrons. The summed E-state index contributed by atoms with van der Waals surface area (Å²) >= 11 is 5.80. The molecule has 1 heterocycles. The third kappa shape index (κ3) is 3.96. The van der Waals surface area contributed by atoms with Gasteiger partial charge in [0, 0.05) is 17.3 Å². The van der Waals surface area contributed by atoms with Gasteiger partial charge in [0.1, 0.15) is 11.5 Å². The van der Waals surface area contributed by atoms with Crippen LogP contribution in [-0.4, -0.2) is 17.4 Å². The summed E-state index contributed by atoms with van der Waals surface area (Å²) in [5.41, 5.74) is 1.06. The van der Waals surface area contributed by atoms with E-state index in [0.29, 0.717) is 22.2 Å². The maximum absolute atomic E-state index is 12.1. The number of aromatic nitrogens is 1. The fraction of sp³-hybridized carbons (Fsp3) is 0.200. The summed E-state index contributed by atoms with van der Waals surface area (Å²) < 4.78 is 0. The van der Waals surface area contributed by atoms with E-state index in [2.05, 4.69) is 22.5 Å². The van der Waals surface area contributed by atoms with Crippen molar-refractivity contribution in [3.8, 4) is 0 Å². The van der Waals surface area contributed by atoms with Crippen molar-refractivity contribution >= 4 is 29.0 Å². The molecular formula is C15H16ClN3O. The molecule has 5 heteroatoms. The lowest BCUT2D eigenvalue weighted by Crippen LogP contribution is -2.14. The second-order valence-corrected chi connectivity index (χ2v) is 4.73. The maximum atomic E-state index is 12.1. The first-order valence-corrected chi connectivity index (χ1v) is 6.84. The minimum Gasteiger partial charge on any atom is -0.370 e. The number of benzene rings is 1. The van der Waals surface area contributed by atoms with Crippen molar-refractivity contribution in [2.24, 2.45) is 0 Å². The molecule has 0 radical (unpaired) electrons. The predicted molar refractivity (Wildman–Crippen MR) is 82.4 cm³/mol. The molecule has 2 N–H and O–H groups in total. The van der Waals surface area contributed by atoms with Crippen molar-refractivity contribution in [1.82, 2.24) is 4.98 Å². The average molecular weight is 290 g/mol. The van der Waals surface area contributed by atoms with Crippen LogP contribution in [-0.2, 0) is 0 Å². The molecule has 0 fully saturated rings. The summed E-state index contributed by atoms with van der Waals surface area (Å²) in [7, 11) is 0. The van der Waals surface area contributed by atoms with Gasteiger partial charge < -0.3 is 10.6 Å². The summed E-state index contributed by atoms with van der Waals surface area (Å²) in [5, 5.41) is 6.56. The van der Waals surface area contributed by atoms with Crippen LogP contribution in [0.1, 0.15) is 23.8 Å². The minimum atomic E-state index is -0.243. The number of nitrogens with zero attached hydrogens (tertiary/aromatic N) is 1. The van der Waals surface area contributed by atoms with Crippen LogP contribution in [0.3, 0.4) is 0 Å². The Hall–Kier alpha value is -2.07. The van der Waals surface area contributed by atoms with Crippen molar-refractivity contribution in [2.45, 2.75) is 13.3 Å². The second kappa shape index (κ2) is 6.91. The van der Waals surface area contributed by atoms with E-state index in [1.807, 2.05) is 12.1 Å². The molecule has 0 aliphatic heterocycles. The van der Waals surface area contributed by atoms with Gasteiger partial charge in [0.05, 0.1) is 0 Å². The molecule has 0 aliphatic carbocycles. The number of amides is 1. The molecule has 0 saturated heterocycles. The fourth-order valence-electron chi connectivity index (χ4n) is 1.64. The molecule has 4 nitrogen and oxygen atoms in total. The molecule has 1 aromatic heterocycles. The summed E-state index contributed by atoms with van der Waals surface area (Å²) in [6, 6.07) is 12.3. The lowest BCUT2D eigenvalue weighted by molar-refractivity contribution is 0.102. The molecule has 2 aromatic rings. The molecule has 0 bridgehead atoms. The highest BCUT2D eigenvalue weighted by atomic mass is 35.5. The van der Waals surface area contributed by atoms with Gasteiger partial charge in [-0.1, -0.05) is 24.6 Å². The summed E-state index contributed by atoms with van der Waals surface area (Å²) in [6.07, 6.45) is 1.00. The maximum Gasteiger partial charge on any atom is 0.274 e. The molecule has 20 heavy (non-hydrogen) atoms. The normalized spacial score (nSPS) is 10.1. The van der Waals surface area contributed by atoms with Gasteiger partial charge in [-0.3, -0.25) is 4.79 Å². The molecule has 2 rings (SSSR count). The van der Waals surface area contributed by atoms with Crippen LogP contribution in [0.15, 0.2) is 42.5 Å². The topological polar surface area (TPSA) is 54.0 Å². The molecular weight excluding hydrogens is 274 g/mol. The van der Waals surface area contributed by atoms with E-state index in [1.54, 1.807) is 30.3 Å². The summed E-state index contributed by atoms with van der Waals surface area (Å²) in [6.45, 7) is 2.90. The van der Waals surface area contributed by atoms with Crippen molar-refractivity contribution in [1.29, 1.82) is 0 Å². The molecule has 0 saturated carbocycles. The first-order chi connectivity index (χ1) is 9.69. The highest BCUT2D eigenvalue weighted by Crippen LogP contribution is 2.14. The Morgan fingerprint density at radius 1 is 1.20 bits per heavy atom. The van der Waals surface area contributed by atoms with Crippen LogP contribution in [0.5, 0.6) is 0 Å². The molecule has 0 spiro atoms. The van der Waals surface area contributed by atoms with E-state index in [4.69, 9.17) is 11.6 Å².